The lowest BCUT2D eigenvalue weighted by Crippen LogP contribution is -1.99. The minimum atomic E-state index is -0.179. The van der Waals surface area contributed by atoms with E-state index in [4.69, 9.17) is 21.1 Å². The fraction of sp³-hybridized carbons (Fsp3) is 0.333. The Kier molecular flexibility index (Phi) is 4.07. The van der Waals surface area contributed by atoms with Gasteiger partial charge in [-0.2, -0.15) is 0 Å². The van der Waals surface area contributed by atoms with Gasteiger partial charge < -0.3 is 9.47 Å². The van der Waals surface area contributed by atoms with Gasteiger partial charge in [0.2, 0.25) is 0 Å². The average Bonchev–Trinajstić information content (AvgIpc) is 2.73. The molecule has 0 aliphatic carbocycles. The van der Waals surface area contributed by atoms with E-state index in [0.717, 1.165) is 29.0 Å². The third-order valence-corrected chi connectivity index (χ3v) is 4.26. The maximum Gasteiger partial charge on any atom is 0.161 e. The minimum absolute atomic E-state index is 0.179. The second kappa shape index (κ2) is 5.98. The highest BCUT2D eigenvalue weighted by Gasteiger charge is 2.17. The van der Waals surface area contributed by atoms with Gasteiger partial charge in [-0.25, -0.2) is 0 Å². The summed E-state index contributed by atoms with van der Waals surface area (Å²) in [6.07, 6.45) is 0.908. The number of ether oxygens (including phenoxy) is 2. The summed E-state index contributed by atoms with van der Waals surface area (Å²) in [5.74, 6) is 1.60. The molecule has 0 bridgehead atoms. The van der Waals surface area contributed by atoms with E-state index in [1.54, 1.807) is 0 Å². The van der Waals surface area contributed by atoms with E-state index in [1.165, 1.54) is 11.1 Å². The Balaban J connectivity index is 1.96. The van der Waals surface area contributed by atoms with Crippen LogP contribution in [0.4, 0.5) is 0 Å². The standard InChI is InChI=1S/C18H19ClO2/c1-12-4-5-13(2)15(10-12)18(19)14-6-7-16-17(11-14)21-9-3-8-20-16/h4-7,10-11,18H,3,8-9H2,1-2H3. The smallest absolute Gasteiger partial charge is 0.161 e. The molecule has 1 aliphatic heterocycles. The predicted octanol–water partition coefficient (Wildman–Crippen LogP) is 4.79. The van der Waals surface area contributed by atoms with Crippen molar-refractivity contribution in [1.82, 2.24) is 0 Å². The van der Waals surface area contributed by atoms with Gasteiger partial charge >= 0.3 is 0 Å². The van der Waals surface area contributed by atoms with Crippen LogP contribution in [0.3, 0.4) is 0 Å². The summed E-state index contributed by atoms with van der Waals surface area (Å²) < 4.78 is 11.4. The number of alkyl halides is 1. The van der Waals surface area contributed by atoms with Crippen LogP contribution < -0.4 is 9.47 Å². The van der Waals surface area contributed by atoms with Crippen molar-refractivity contribution >= 4 is 11.6 Å². The summed E-state index contributed by atoms with van der Waals surface area (Å²) in [7, 11) is 0. The number of hydrogen-bond donors (Lipinski definition) is 0. The van der Waals surface area contributed by atoms with Crippen molar-refractivity contribution < 1.29 is 9.47 Å². The second-order valence-corrected chi connectivity index (χ2v) is 5.92. The summed E-state index contributed by atoms with van der Waals surface area (Å²) in [6.45, 7) is 5.56. The van der Waals surface area contributed by atoms with Gasteiger partial charge in [-0.3, -0.25) is 0 Å². The van der Waals surface area contributed by atoms with Crippen LogP contribution >= 0.6 is 11.6 Å². The molecule has 0 spiro atoms. The van der Waals surface area contributed by atoms with Crippen molar-refractivity contribution in [2.75, 3.05) is 13.2 Å². The van der Waals surface area contributed by atoms with Crippen molar-refractivity contribution in [3.63, 3.8) is 0 Å². The van der Waals surface area contributed by atoms with Crippen molar-refractivity contribution in [3.8, 4) is 11.5 Å². The Morgan fingerprint density at radius 3 is 2.52 bits per heavy atom. The molecule has 0 fully saturated rings. The lowest BCUT2D eigenvalue weighted by molar-refractivity contribution is 0.297. The van der Waals surface area contributed by atoms with Crippen LogP contribution in [-0.4, -0.2) is 13.2 Å². The van der Waals surface area contributed by atoms with Gasteiger partial charge in [0.05, 0.1) is 18.6 Å². The average molecular weight is 303 g/mol. The number of rotatable bonds is 2. The van der Waals surface area contributed by atoms with Crippen LogP contribution in [0.1, 0.15) is 34.1 Å². The molecule has 2 aromatic carbocycles. The highest BCUT2D eigenvalue weighted by atomic mass is 35.5. The van der Waals surface area contributed by atoms with E-state index >= 15 is 0 Å². The fourth-order valence-corrected chi connectivity index (χ4v) is 2.92. The molecule has 2 aromatic rings. The molecule has 1 unspecified atom stereocenters. The minimum Gasteiger partial charge on any atom is -0.490 e. The van der Waals surface area contributed by atoms with Crippen LogP contribution in [-0.2, 0) is 0 Å². The summed E-state index contributed by atoms with van der Waals surface area (Å²) in [6, 6.07) is 12.3. The first-order chi connectivity index (χ1) is 10.1. The molecule has 0 N–H and O–H groups in total. The van der Waals surface area contributed by atoms with Crippen LogP contribution in [0.5, 0.6) is 11.5 Å². The maximum atomic E-state index is 6.70. The molecular weight excluding hydrogens is 284 g/mol. The van der Waals surface area contributed by atoms with Gasteiger partial charge in [0.1, 0.15) is 0 Å². The molecule has 0 saturated carbocycles. The SMILES string of the molecule is Cc1ccc(C)c(C(Cl)c2ccc3c(c2)OCCCO3)c1. The van der Waals surface area contributed by atoms with Crippen LogP contribution in [0, 0.1) is 13.8 Å². The molecule has 0 aromatic heterocycles. The van der Waals surface area contributed by atoms with Gasteiger partial charge in [-0.05, 0) is 42.7 Å². The number of hydrogen-bond acceptors (Lipinski definition) is 2. The Morgan fingerprint density at radius 2 is 1.71 bits per heavy atom. The number of fused-ring (bicyclic) bond motifs is 1. The molecule has 0 saturated heterocycles. The summed E-state index contributed by atoms with van der Waals surface area (Å²) in [4.78, 5) is 0. The zero-order valence-corrected chi connectivity index (χ0v) is 13.1. The molecule has 1 heterocycles. The van der Waals surface area contributed by atoms with E-state index in [9.17, 15) is 0 Å². The van der Waals surface area contributed by atoms with Gasteiger partial charge in [0.25, 0.3) is 0 Å². The monoisotopic (exact) mass is 302 g/mol. The molecule has 0 amide bonds. The van der Waals surface area contributed by atoms with Crippen molar-refractivity contribution in [2.24, 2.45) is 0 Å². The lowest BCUT2D eigenvalue weighted by Gasteiger charge is -2.16. The molecule has 1 atom stereocenters. The van der Waals surface area contributed by atoms with Gasteiger partial charge in [-0.15, -0.1) is 11.6 Å². The highest BCUT2D eigenvalue weighted by Crippen LogP contribution is 2.37. The largest absolute Gasteiger partial charge is 0.490 e. The Morgan fingerprint density at radius 1 is 0.952 bits per heavy atom. The third-order valence-electron chi connectivity index (χ3n) is 3.77. The maximum absolute atomic E-state index is 6.70. The molecule has 110 valence electrons. The zero-order chi connectivity index (χ0) is 14.8. The lowest BCUT2D eigenvalue weighted by atomic mass is 9.98. The van der Waals surface area contributed by atoms with Crippen molar-refractivity contribution in [1.29, 1.82) is 0 Å². The third kappa shape index (κ3) is 3.01. The summed E-state index contributed by atoms with van der Waals surface area (Å²) >= 11 is 6.70. The van der Waals surface area contributed by atoms with E-state index in [-0.39, 0.29) is 5.38 Å². The molecule has 1 aliphatic rings. The predicted molar refractivity (Wildman–Crippen MR) is 85.7 cm³/mol. The first-order valence-electron chi connectivity index (χ1n) is 7.26. The summed E-state index contributed by atoms with van der Waals surface area (Å²) in [5.41, 5.74) is 4.60. The first-order valence-corrected chi connectivity index (χ1v) is 7.69. The molecule has 3 rings (SSSR count). The Labute approximate surface area is 130 Å². The van der Waals surface area contributed by atoms with E-state index < -0.39 is 0 Å². The second-order valence-electron chi connectivity index (χ2n) is 5.48. The molecule has 21 heavy (non-hydrogen) atoms. The zero-order valence-electron chi connectivity index (χ0n) is 12.4. The van der Waals surface area contributed by atoms with Crippen LogP contribution in [0.25, 0.3) is 0 Å². The van der Waals surface area contributed by atoms with Gasteiger partial charge in [0, 0.05) is 6.42 Å². The number of aryl methyl sites for hydroxylation is 2. The fourth-order valence-electron chi connectivity index (χ4n) is 2.55. The molecule has 2 nitrogen and oxygen atoms in total. The normalized spacial score (nSPS) is 15.4. The van der Waals surface area contributed by atoms with E-state index in [1.807, 2.05) is 18.2 Å². The van der Waals surface area contributed by atoms with E-state index in [2.05, 4.69) is 32.0 Å². The number of halogens is 1. The highest BCUT2D eigenvalue weighted by molar-refractivity contribution is 6.22. The van der Waals surface area contributed by atoms with Crippen molar-refractivity contribution in [3.05, 3.63) is 58.7 Å². The topological polar surface area (TPSA) is 18.5 Å². The number of benzene rings is 2. The molecule has 0 radical (unpaired) electrons. The quantitative estimate of drug-likeness (QED) is 0.742. The summed E-state index contributed by atoms with van der Waals surface area (Å²) in [5, 5.41) is -0.179. The van der Waals surface area contributed by atoms with Crippen molar-refractivity contribution in [2.45, 2.75) is 25.6 Å². The van der Waals surface area contributed by atoms with Crippen LogP contribution in [0.2, 0.25) is 0 Å². The Bertz CT molecular complexity index is 652. The Hall–Kier alpha value is -1.67. The van der Waals surface area contributed by atoms with Crippen LogP contribution in [0.15, 0.2) is 36.4 Å². The van der Waals surface area contributed by atoms with Gasteiger partial charge in [0.15, 0.2) is 11.5 Å². The van der Waals surface area contributed by atoms with Gasteiger partial charge in [-0.1, -0.05) is 29.8 Å². The molecular formula is C18H19ClO2. The first kappa shape index (κ1) is 14.3. The molecule has 3 heteroatoms. The van der Waals surface area contributed by atoms with E-state index in [0.29, 0.717) is 13.2 Å².